The molecule has 1 saturated heterocycles. The quantitative estimate of drug-likeness (QED) is 0.736. The summed E-state index contributed by atoms with van der Waals surface area (Å²) in [6.45, 7) is 4.73. The van der Waals surface area contributed by atoms with Crippen molar-refractivity contribution >= 4 is 5.91 Å². The Morgan fingerprint density at radius 3 is 3.06 bits per heavy atom. The second-order valence-electron chi connectivity index (χ2n) is 6.16. The lowest BCUT2D eigenvalue weighted by atomic mass is 9.88. The van der Waals surface area contributed by atoms with Crippen molar-refractivity contribution in [2.24, 2.45) is 17.3 Å². The zero-order chi connectivity index (χ0) is 12.9. The molecule has 0 radical (unpaired) electrons. The van der Waals surface area contributed by atoms with Crippen LogP contribution in [0, 0.1) is 17.3 Å². The molecular formula is C15H20FNO. The predicted molar refractivity (Wildman–Crippen MR) is 68.4 cm³/mol. The highest BCUT2D eigenvalue weighted by Crippen LogP contribution is 2.62. The molecule has 2 unspecified atom stereocenters. The van der Waals surface area contributed by atoms with Gasteiger partial charge in [0.25, 0.3) is 0 Å². The van der Waals surface area contributed by atoms with Crippen LogP contribution in [-0.4, -0.2) is 23.4 Å². The maximum Gasteiger partial charge on any atom is 0.225 e. The lowest BCUT2D eigenvalue weighted by Gasteiger charge is -2.33. The molecule has 3 rings (SSSR count). The molecule has 1 aliphatic heterocycles. The van der Waals surface area contributed by atoms with E-state index >= 15 is 0 Å². The number of hydrogen-bond donors (Lipinski definition) is 0. The fourth-order valence-corrected chi connectivity index (χ4v) is 3.65. The molecule has 1 amide bonds. The Labute approximate surface area is 108 Å². The van der Waals surface area contributed by atoms with Crippen molar-refractivity contribution in [3.8, 4) is 0 Å². The highest BCUT2D eigenvalue weighted by Gasteiger charge is 2.60. The molecule has 0 aromatic rings. The molecule has 2 nitrogen and oxygen atoms in total. The number of carbonyl (C=O) groups excluding carboxylic acids is 1. The monoisotopic (exact) mass is 249 g/mol. The van der Waals surface area contributed by atoms with E-state index in [9.17, 15) is 9.18 Å². The lowest BCUT2D eigenvalue weighted by molar-refractivity contribution is -0.136. The van der Waals surface area contributed by atoms with Crippen molar-refractivity contribution in [2.45, 2.75) is 39.2 Å². The van der Waals surface area contributed by atoms with Gasteiger partial charge in [-0.1, -0.05) is 19.9 Å². The molecule has 3 heteroatoms. The Kier molecular flexibility index (Phi) is 2.61. The van der Waals surface area contributed by atoms with Gasteiger partial charge in [0.1, 0.15) is 5.83 Å². The Morgan fingerprint density at radius 2 is 2.33 bits per heavy atom. The van der Waals surface area contributed by atoms with Crippen LogP contribution in [0.25, 0.3) is 0 Å². The van der Waals surface area contributed by atoms with Crippen LogP contribution < -0.4 is 0 Å². The summed E-state index contributed by atoms with van der Waals surface area (Å²) in [4.78, 5) is 14.2. The predicted octanol–water partition coefficient (Wildman–Crippen LogP) is 3.06. The van der Waals surface area contributed by atoms with Gasteiger partial charge in [0.05, 0.1) is 0 Å². The SMILES string of the molecule is CC(C)C(=O)N1CCC[C@H]1C12C=C(F)C=CC1C2. The number of fused-ring (bicyclic) bond motifs is 1. The Morgan fingerprint density at radius 1 is 1.56 bits per heavy atom. The molecule has 2 fully saturated rings. The van der Waals surface area contributed by atoms with Gasteiger partial charge in [-0.3, -0.25) is 4.79 Å². The van der Waals surface area contributed by atoms with E-state index in [4.69, 9.17) is 0 Å². The molecule has 98 valence electrons. The first-order chi connectivity index (χ1) is 8.54. The summed E-state index contributed by atoms with van der Waals surface area (Å²) in [5, 5.41) is 0. The van der Waals surface area contributed by atoms with Crippen molar-refractivity contribution < 1.29 is 9.18 Å². The second kappa shape index (κ2) is 3.94. The first kappa shape index (κ1) is 11.9. The molecule has 1 saturated carbocycles. The molecule has 3 atom stereocenters. The van der Waals surface area contributed by atoms with Gasteiger partial charge in [0.2, 0.25) is 5.91 Å². The van der Waals surface area contributed by atoms with E-state index in [1.54, 1.807) is 12.2 Å². The molecular weight excluding hydrogens is 229 g/mol. The number of amides is 1. The van der Waals surface area contributed by atoms with Crippen molar-refractivity contribution in [3.05, 3.63) is 24.1 Å². The minimum absolute atomic E-state index is 0.0344. The van der Waals surface area contributed by atoms with Gasteiger partial charge in [-0.25, -0.2) is 4.39 Å². The Hall–Kier alpha value is -1.12. The summed E-state index contributed by atoms with van der Waals surface area (Å²) in [6.07, 6.45) is 8.40. The van der Waals surface area contributed by atoms with Crippen LogP contribution in [0.5, 0.6) is 0 Å². The van der Waals surface area contributed by atoms with Gasteiger partial charge in [-0.15, -0.1) is 0 Å². The molecule has 0 aromatic heterocycles. The van der Waals surface area contributed by atoms with Gasteiger partial charge >= 0.3 is 0 Å². The lowest BCUT2D eigenvalue weighted by Crippen LogP contribution is -2.43. The van der Waals surface area contributed by atoms with Crippen LogP contribution in [-0.2, 0) is 4.79 Å². The molecule has 0 bridgehead atoms. The van der Waals surface area contributed by atoms with E-state index in [0.29, 0.717) is 5.92 Å². The molecule has 18 heavy (non-hydrogen) atoms. The molecule has 2 aliphatic carbocycles. The zero-order valence-corrected chi connectivity index (χ0v) is 11.0. The summed E-state index contributed by atoms with van der Waals surface area (Å²) in [5.41, 5.74) is -0.0834. The van der Waals surface area contributed by atoms with Crippen LogP contribution in [0.2, 0.25) is 0 Å². The van der Waals surface area contributed by atoms with E-state index in [1.807, 2.05) is 24.8 Å². The Bertz CT molecular complexity index is 440. The van der Waals surface area contributed by atoms with E-state index in [2.05, 4.69) is 0 Å². The van der Waals surface area contributed by atoms with Crippen molar-refractivity contribution in [2.75, 3.05) is 6.54 Å². The summed E-state index contributed by atoms with van der Waals surface area (Å²) in [7, 11) is 0. The smallest absolute Gasteiger partial charge is 0.225 e. The summed E-state index contributed by atoms with van der Waals surface area (Å²) < 4.78 is 13.5. The van der Waals surface area contributed by atoms with Crippen molar-refractivity contribution in [1.82, 2.24) is 4.90 Å². The van der Waals surface area contributed by atoms with Gasteiger partial charge in [-0.05, 0) is 37.3 Å². The number of nitrogens with zero attached hydrogens (tertiary/aromatic N) is 1. The third-order valence-electron chi connectivity index (χ3n) is 4.65. The van der Waals surface area contributed by atoms with E-state index in [1.165, 1.54) is 0 Å². The molecule has 0 N–H and O–H groups in total. The maximum atomic E-state index is 13.5. The minimum Gasteiger partial charge on any atom is -0.339 e. The third kappa shape index (κ3) is 1.63. The van der Waals surface area contributed by atoms with Crippen LogP contribution in [0.15, 0.2) is 24.1 Å². The molecule has 1 heterocycles. The topological polar surface area (TPSA) is 20.3 Å². The van der Waals surface area contributed by atoms with Crippen LogP contribution >= 0.6 is 0 Å². The van der Waals surface area contributed by atoms with Gasteiger partial charge in [-0.2, -0.15) is 0 Å². The minimum atomic E-state index is -0.132. The number of allylic oxidation sites excluding steroid dienone is 3. The standard InChI is InChI=1S/C15H20FNO/c1-10(2)14(18)17-7-3-4-13(17)15-8-11(15)5-6-12(16)9-15/h5-6,9-11,13H,3-4,7-8H2,1-2H3/t11?,13-,15?/m0/s1. The van der Waals surface area contributed by atoms with Gasteiger partial charge < -0.3 is 4.90 Å². The number of carbonyl (C=O) groups is 1. The van der Waals surface area contributed by atoms with E-state index < -0.39 is 0 Å². The van der Waals surface area contributed by atoms with Gasteiger partial charge in [0, 0.05) is 23.9 Å². The average molecular weight is 249 g/mol. The van der Waals surface area contributed by atoms with E-state index in [-0.39, 0.29) is 29.1 Å². The Balaban J connectivity index is 1.85. The average Bonchev–Trinajstić information content (AvgIpc) is 2.84. The summed E-state index contributed by atoms with van der Waals surface area (Å²) in [6, 6.07) is 0.216. The number of halogens is 1. The number of likely N-dealkylation sites (tertiary alicyclic amines) is 1. The summed E-state index contributed by atoms with van der Waals surface area (Å²) in [5.74, 6) is 0.572. The largest absolute Gasteiger partial charge is 0.339 e. The second-order valence-corrected chi connectivity index (χ2v) is 6.16. The first-order valence-electron chi connectivity index (χ1n) is 6.91. The highest BCUT2D eigenvalue weighted by atomic mass is 19.1. The van der Waals surface area contributed by atoms with Gasteiger partial charge in [0.15, 0.2) is 0 Å². The van der Waals surface area contributed by atoms with Crippen LogP contribution in [0.4, 0.5) is 4.39 Å². The highest BCUT2D eigenvalue weighted by molar-refractivity contribution is 5.79. The molecule has 3 aliphatic rings. The number of rotatable bonds is 2. The number of hydrogen-bond acceptors (Lipinski definition) is 1. The fourth-order valence-electron chi connectivity index (χ4n) is 3.65. The normalized spacial score (nSPS) is 37.8. The van der Waals surface area contributed by atoms with Crippen molar-refractivity contribution in [1.29, 1.82) is 0 Å². The molecule has 0 aromatic carbocycles. The zero-order valence-electron chi connectivity index (χ0n) is 11.0. The van der Waals surface area contributed by atoms with Crippen LogP contribution in [0.1, 0.15) is 33.1 Å². The fraction of sp³-hybridized carbons (Fsp3) is 0.667. The molecule has 0 spiro atoms. The van der Waals surface area contributed by atoms with Crippen LogP contribution in [0.3, 0.4) is 0 Å². The van der Waals surface area contributed by atoms with Crippen molar-refractivity contribution in [3.63, 3.8) is 0 Å². The van der Waals surface area contributed by atoms with E-state index in [0.717, 1.165) is 25.8 Å². The first-order valence-corrected chi connectivity index (χ1v) is 6.91. The maximum absolute atomic E-state index is 13.5. The third-order valence-corrected chi connectivity index (χ3v) is 4.65. The summed E-state index contributed by atoms with van der Waals surface area (Å²) >= 11 is 0.